The van der Waals surface area contributed by atoms with Crippen LogP contribution in [0.25, 0.3) is 0 Å². The molecular weight excluding hydrogens is 565 g/mol. The summed E-state index contributed by atoms with van der Waals surface area (Å²) in [5, 5.41) is 18.6. The Morgan fingerprint density at radius 1 is 1.24 bits per heavy atom. The first-order valence-corrected chi connectivity index (χ1v) is 15.1. The second-order valence-corrected chi connectivity index (χ2v) is 13.2. The largest absolute Gasteiger partial charge is 0.482 e. The molecule has 2 aliphatic carbocycles. The zero-order valence-corrected chi connectivity index (χ0v) is 25.0. The number of nitrogens with zero attached hydrogens (tertiary/aromatic N) is 5. The summed E-state index contributed by atoms with van der Waals surface area (Å²) in [5.74, 6) is -1.51. The summed E-state index contributed by atoms with van der Waals surface area (Å²) in [6.45, 7) is 4.43. The summed E-state index contributed by atoms with van der Waals surface area (Å²) in [7, 11) is 1.79. The van der Waals surface area contributed by atoms with Crippen molar-refractivity contribution in [1.29, 1.82) is 0 Å². The van der Waals surface area contributed by atoms with Gasteiger partial charge in [0.25, 0.3) is 0 Å². The summed E-state index contributed by atoms with van der Waals surface area (Å²) < 4.78 is 23.6. The van der Waals surface area contributed by atoms with Crippen LogP contribution in [-0.2, 0) is 34.5 Å². The highest BCUT2D eigenvalue weighted by molar-refractivity contribution is 6.31. The Morgan fingerprint density at radius 2 is 2.00 bits per heavy atom. The molecule has 1 aromatic heterocycles. The van der Waals surface area contributed by atoms with Crippen molar-refractivity contribution in [3.8, 4) is 5.75 Å². The molecule has 2 unspecified atom stereocenters. The molecule has 3 fully saturated rings. The summed E-state index contributed by atoms with van der Waals surface area (Å²) in [5.41, 5.74) is -0.0927. The number of aromatic nitrogens is 3. The number of fused-ring (bicyclic) bond motifs is 1. The van der Waals surface area contributed by atoms with Crippen LogP contribution in [0.15, 0.2) is 6.07 Å². The van der Waals surface area contributed by atoms with E-state index in [1.54, 1.807) is 35.3 Å². The van der Waals surface area contributed by atoms with E-state index in [0.717, 1.165) is 25.7 Å². The Morgan fingerprint density at radius 3 is 2.64 bits per heavy atom. The van der Waals surface area contributed by atoms with Gasteiger partial charge in [0, 0.05) is 43.7 Å². The minimum atomic E-state index is -1.20. The number of ether oxygens (including phenoxy) is 1. The molecule has 10 nitrogen and oxygen atoms in total. The summed E-state index contributed by atoms with van der Waals surface area (Å²) in [6.07, 6.45) is 5.17. The van der Waals surface area contributed by atoms with Crippen LogP contribution in [0, 0.1) is 29.5 Å². The van der Waals surface area contributed by atoms with Crippen molar-refractivity contribution in [2.75, 3.05) is 19.6 Å². The Kier molecular flexibility index (Phi) is 7.22. The van der Waals surface area contributed by atoms with Crippen LogP contribution in [0.2, 0.25) is 5.02 Å². The van der Waals surface area contributed by atoms with E-state index in [9.17, 15) is 19.5 Å². The van der Waals surface area contributed by atoms with Gasteiger partial charge in [-0.3, -0.25) is 14.4 Å². The maximum atomic E-state index is 15.7. The van der Waals surface area contributed by atoms with Crippen molar-refractivity contribution in [3.05, 3.63) is 39.7 Å². The predicted molar refractivity (Wildman–Crippen MR) is 150 cm³/mol. The number of carboxylic acid groups (broad SMARTS) is 1. The number of aryl methyl sites for hydroxylation is 1. The lowest BCUT2D eigenvalue weighted by Crippen LogP contribution is -2.52. The highest BCUT2D eigenvalue weighted by Crippen LogP contribution is 2.54. The van der Waals surface area contributed by atoms with Crippen LogP contribution in [0.4, 0.5) is 4.39 Å². The van der Waals surface area contributed by atoms with Crippen molar-refractivity contribution < 1.29 is 28.6 Å². The molecule has 0 radical (unpaired) electrons. The molecule has 226 valence electrons. The number of halogens is 2. The molecule has 2 saturated carbocycles. The standard InChI is InChI=1S/C30H37ClFN5O5/c1-17-33-34-23(35(17)3)15-42-26-21(32)12-20(31)18-7-11-37(27(39)19-6-4-5-8-29(19,2)28(40)41)22(25(18)26)14-36-16-30(9-10-30)13-24(36)38/h12,19,22H,4-11,13-16H2,1-3H3,(H,40,41)/t19?,22-,29?/m1/s1. The normalized spacial score (nSPS) is 26.5. The van der Waals surface area contributed by atoms with Gasteiger partial charge in [-0.1, -0.05) is 24.4 Å². The molecule has 3 atom stereocenters. The molecule has 1 saturated heterocycles. The average molecular weight is 602 g/mol. The van der Waals surface area contributed by atoms with Crippen molar-refractivity contribution in [2.45, 2.75) is 77.9 Å². The summed E-state index contributed by atoms with van der Waals surface area (Å²) in [4.78, 5) is 43.4. The lowest BCUT2D eigenvalue weighted by Gasteiger charge is -2.45. The molecular formula is C30H37ClFN5O5. The monoisotopic (exact) mass is 601 g/mol. The maximum Gasteiger partial charge on any atom is 0.310 e. The smallest absolute Gasteiger partial charge is 0.310 e. The zero-order valence-electron chi connectivity index (χ0n) is 24.3. The van der Waals surface area contributed by atoms with Gasteiger partial charge in [0.05, 0.1) is 17.4 Å². The number of hydrogen-bond acceptors (Lipinski definition) is 6. The Labute approximate surface area is 249 Å². The first kappa shape index (κ1) is 28.9. The van der Waals surface area contributed by atoms with Crippen molar-refractivity contribution in [3.63, 3.8) is 0 Å². The summed E-state index contributed by atoms with van der Waals surface area (Å²) >= 11 is 6.61. The van der Waals surface area contributed by atoms with Crippen LogP contribution in [0.3, 0.4) is 0 Å². The number of carbonyl (C=O) groups excluding carboxylic acids is 2. The third-order valence-corrected chi connectivity index (χ3v) is 10.5. The number of benzene rings is 1. The number of amides is 2. The molecule has 2 aromatic rings. The first-order valence-electron chi connectivity index (χ1n) is 14.7. The third-order valence-electron chi connectivity index (χ3n) is 10.2. The van der Waals surface area contributed by atoms with E-state index in [-0.39, 0.29) is 47.7 Å². The highest BCUT2D eigenvalue weighted by atomic mass is 35.5. The second-order valence-electron chi connectivity index (χ2n) is 12.8. The molecule has 0 bridgehead atoms. The lowest BCUT2D eigenvalue weighted by atomic mass is 9.66. The molecule has 6 rings (SSSR count). The van der Waals surface area contributed by atoms with Gasteiger partial charge in [-0.05, 0) is 63.0 Å². The van der Waals surface area contributed by atoms with E-state index in [1.165, 1.54) is 6.07 Å². The van der Waals surface area contributed by atoms with Gasteiger partial charge in [-0.25, -0.2) is 4.39 Å². The topological polar surface area (TPSA) is 118 Å². The maximum absolute atomic E-state index is 15.7. The van der Waals surface area contributed by atoms with Gasteiger partial charge in [0.1, 0.15) is 12.4 Å². The molecule has 1 aromatic carbocycles. The fourth-order valence-corrected chi connectivity index (χ4v) is 7.47. The van der Waals surface area contributed by atoms with Crippen molar-refractivity contribution in [1.82, 2.24) is 24.6 Å². The number of rotatable bonds is 7. The van der Waals surface area contributed by atoms with Crippen molar-refractivity contribution in [2.24, 2.45) is 23.8 Å². The number of carboxylic acids is 1. The Bertz CT molecular complexity index is 1460. The van der Waals surface area contributed by atoms with Crippen LogP contribution in [0.1, 0.15) is 80.7 Å². The molecule has 2 aliphatic heterocycles. The van der Waals surface area contributed by atoms with Crippen LogP contribution in [-0.4, -0.2) is 67.1 Å². The Balaban J connectivity index is 1.41. The van der Waals surface area contributed by atoms with E-state index in [0.29, 0.717) is 55.0 Å². The van der Waals surface area contributed by atoms with Gasteiger partial charge < -0.3 is 24.2 Å². The van der Waals surface area contributed by atoms with Gasteiger partial charge >= 0.3 is 5.97 Å². The zero-order chi connectivity index (χ0) is 30.0. The number of likely N-dealkylation sites (tertiary alicyclic amines) is 1. The van der Waals surface area contributed by atoms with Gasteiger partial charge in [-0.15, -0.1) is 10.2 Å². The minimum absolute atomic E-state index is 0.00333. The molecule has 2 amide bonds. The lowest BCUT2D eigenvalue weighted by molar-refractivity contribution is -0.162. The molecule has 1 spiro atoms. The van der Waals surface area contributed by atoms with Crippen molar-refractivity contribution >= 4 is 29.4 Å². The molecule has 4 aliphatic rings. The van der Waals surface area contributed by atoms with Gasteiger partial charge in [-0.2, -0.15) is 0 Å². The number of hydrogen-bond donors (Lipinski definition) is 1. The van der Waals surface area contributed by atoms with Crippen LogP contribution >= 0.6 is 11.6 Å². The quantitative estimate of drug-likeness (QED) is 0.505. The summed E-state index contributed by atoms with van der Waals surface area (Å²) in [6, 6.07) is 0.484. The highest BCUT2D eigenvalue weighted by Gasteiger charge is 2.54. The fraction of sp³-hybridized carbons (Fsp3) is 0.633. The van der Waals surface area contributed by atoms with E-state index in [4.69, 9.17) is 16.3 Å². The van der Waals surface area contributed by atoms with E-state index in [2.05, 4.69) is 10.2 Å². The third kappa shape index (κ3) is 4.83. The predicted octanol–water partition coefficient (Wildman–Crippen LogP) is 4.21. The van der Waals surface area contributed by atoms with Gasteiger partial charge in [0.2, 0.25) is 11.8 Å². The van der Waals surface area contributed by atoms with Gasteiger partial charge in [0.15, 0.2) is 17.4 Å². The van der Waals surface area contributed by atoms with E-state index in [1.807, 2.05) is 0 Å². The first-order chi connectivity index (χ1) is 19.9. The Hall–Kier alpha value is -3.21. The van der Waals surface area contributed by atoms with Crippen LogP contribution in [0.5, 0.6) is 5.75 Å². The number of aliphatic carboxylic acids is 1. The molecule has 12 heteroatoms. The van der Waals surface area contributed by atoms with Crippen LogP contribution < -0.4 is 4.74 Å². The molecule has 3 heterocycles. The molecule has 1 N–H and O–H groups in total. The average Bonchev–Trinajstić information content (AvgIpc) is 3.53. The fourth-order valence-electron chi connectivity index (χ4n) is 7.18. The van der Waals surface area contributed by atoms with E-state index >= 15 is 4.39 Å². The minimum Gasteiger partial charge on any atom is -0.482 e. The SMILES string of the molecule is Cc1nnc(COc2c(F)cc(Cl)c3c2[C@@H](CN2CC4(CC4)CC2=O)N(C(=O)C2CCCCC2(C)C(=O)O)CC3)n1C. The number of carbonyl (C=O) groups is 3. The second kappa shape index (κ2) is 10.5. The molecule has 42 heavy (non-hydrogen) atoms. The van der Waals surface area contributed by atoms with E-state index < -0.39 is 29.2 Å².